The number of ether oxygens (including phenoxy) is 1. The zero-order valence-electron chi connectivity index (χ0n) is 11.2. The van der Waals surface area contributed by atoms with E-state index in [1.807, 2.05) is 0 Å². The Labute approximate surface area is 113 Å². The van der Waals surface area contributed by atoms with Crippen LogP contribution in [-0.2, 0) is 14.8 Å². The van der Waals surface area contributed by atoms with Crippen LogP contribution >= 0.6 is 0 Å². The zero-order valence-corrected chi connectivity index (χ0v) is 12.0. The molecule has 1 rings (SSSR count). The van der Waals surface area contributed by atoms with Crippen LogP contribution in [0.4, 0.5) is 5.95 Å². The maximum Gasteiger partial charge on any atom is 0.243 e. The minimum atomic E-state index is -3.51. The van der Waals surface area contributed by atoms with E-state index >= 15 is 0 Å². The van der Waals surface area contributed by atoms with Gasteiger partial charge in [-0.05, 0) is 19.3 Å². The fraction of sp³-hybridized carbons (Fsp3) is 0.636. The third-order valence-corrected chi connectivity index (χ3v) is 3.89. The van der Waals surface area contributed by atoms with Gasteiger partial charge in [0.1, 0.15) is 4.90 Å². The summed E-state index contributed by atoms with van der Waals surface area (Å²) in [5.74, 6) is 0.388. The average Bonchev–Trinajstić information content (AvgIpc) is 2.43. The molecule has 0 radical (unpaired) electrons. The van der Waals surface area contributed by atoms with Crippen molar-refractivity contribution in [1.82, 2.24) is 14.7 Å². The molecule has 0 aliphatic rings. The van der Waals surface area contributed by atoms with Gasteiger partial charge in [0.15, 0.2) is 0 Å². The van der Waals surface area contributed by atoms with Crippen molar-refractivity contribution in [3.8, 4) is 0 Å². The number of methoxy groups -OCH3 is 1. The van der Waals surface area contributed by atoms with Crippen LogP contribution in [-0.4, -0.2) is 45.7 Å². The maximum absolute atomic E-state index is 11.9. The first kappa shape index (κ1) is 15.8. The van der Waals surface area contributed by atoms with Crippen molar-refractivity contribution in [1.29, 1.82) is 0 Å². The molecule has 0 aliphatic heterocycles. The van der Waals surface area contributed by atoms with Gasteiger partial charge < -0.3 is 10.1 Å². The van der Waals surface area contributed by atoms with Crippen LogP contribution < -0.4 is 10.0 Å². The summed E-state index contributed by atoms with van der Waals surface area (Å²) in [5, 5.41) is 2.73. The third kappa shape index (κ3) is 5.50. The first-order chi connectivity index (χ1) is 9.10. The summed E-state index contributed by atoms with van der Waals surface area (Å²) in [6.07, 6.45) is 5.19. The Morgan fingerprint density at radius 1 is 1.21 bits per heavy atom. The lowest BCUT2D eigenvalue weighted by atomic mass is 10.2. The number of sulfonamides is 1. The molecule has 19 heavy (non-hydrogen) atoms. The normalized spacial score (nSPS) is 11.5. The van der Waals surface area contributed by atoms with E-state index in [1.165, 1.54) is 12.4 Å². The van der Waals surface area contributed by atoms with Crippen molar-refractivity contribution in [2.45, 2.75) is 24.2 Å². The van der Waals surface area contributed by atoms with Gasteiger partial charge in [0.2, 0.25) is 16.0 Å². The van der Waals surface area contributed by atoms with E-state index in [-0.39, 0.29) is 4.90 Å². The van der Waals surface area contributed by atoms with Gasteiger partial charge in [-0.2, -0.15) is 0 Å². The molecule has 0 aliphatic carbocycles. The molecule has 0 spiro atoms. The summed E-state index contributed by atoms with van der Waals surface area (Å²) >= 11 is 0. The van der Waals surface area contributed by atoms with Crippen LogP contribution in [0.5, 0.6) is 0 Å². The number of unbranched alkanes of at least 4 members (excludes halogenated alkanes) is 2. The van der Waals surface area contributed by atoms with E-state index < -0.39 is 10.0 Å². The van der Waals surface area contributed by atoms with Crippen LogP contribution in [0, 0.1) is 0 Å². The van der Waals surface area contributed by atoms with Gasteiger partial charge in [-0.15, -0.1) is 0 Å². The molecule has 0 saturated carbocycles. The average molecular weight is 288 g/mol. The Balaban J connectivity index is 2.42. The van der Waals surface area contributed by atoms with Crippen molar-refractivity contribution in [3.63, 3.8) is 0 Å². The van der Waals surface area contributed by atoms with Gasteiger partial charge in [0, 0.05) is 27.3 Å². The fourth-order valence-corrected chi connectivity index (χ4v) is 2.38. The van der Waals surface area contributed by atoms with Crippen molar-refractivity contribution >= 4 is 16.0 Å². The summed E-state index contributed by atoms with van der Waals surface area (Å²) in [4.78, 5) is 7.82. The molecule has 0 saturated heterocycles. The number of nitrogens with zero attached hydrogens (tertiary/aromatic N) is 2. The predicted octanol–water partition coefficient (Wildman–Crippen LogP) is 0.613. The molecule has 0 atom stereocenters. The number of rotatable bonds is 9. The lowest BCUT2D eigenvalue weighted by molar-refractivity contribution is 0.192. The molecular formula is C11H20N4O3S. The fourth-order valence-electron chi connectivity index (χ4n) is 1.42. The van der Waals surface area contributed by atoms with E-state index in [4.69, 9.17) is 4.74 Å². The van der Waals surface area contributed by atoms with Gasteiger partial charge in [0.05, 0.1) is 12.4 Å². The second-order valence-corrected chi connectivity index (χ2v) is 5.71. The lowest BCUT2D eigenvalue weighted by Gasteiger charge is -2.06. The molecule has 108 valence electrons. The smallest absolute Gasteiger partial charge is 0.243 e. The van der Waals surface area contributed by atoms with E-state index in [0.717, 1.165) is 19.3 Å². The standard InChI is InChI=1S/C11H20N4O3S/c1-12-11-13-8-10(9-14-11)19(16,17)15-6-4-3-5-7-18-2/h8-9,15H,3-7H2,1-2H3,(H,12,13,14). The molecule has 1 aromatic heterocycles. The summed E-state index contributed by atoms with van der Waals surface area (Å²) in [5.41, 5.74) is 0. The Hall–Kier alpha value is -1.25. The zero-order chi connectivity index (χ0) is 14.1. The lowest BCUT2D eigenvalue weighted by Crippen LogP contribution is -2.25. The van der Waals surface area contributed by atoms with Gasteiger partial charge in [-0.1, -0.05) is 0 Å². The number of nitrogens with one attached hydrogen (secondary N) is 2. The van der Waals surface area contributed by atoms with Crippen molar-refractivity contribution in [2.75, 3.05) is 32.6 Å². The van der Waals surface area contributed by atoms with Gasteiger partial charge in [-0.25, -0.2) is 23.1 Å². The first-order valence-corrected chi connectivity index (χ1v) is 7.57. The van der Waals surface area contributed by atoms with Crippen LogP contribution in [0.1, 0.15) is 19.3 Å². The molecule has 0 aromatic carbocycles. The van der Waals surface area contributed by atoms with Crippen LogP contribution in [0.3, 0.4) is 0 Å². The van der Waals surface area contributed by atoms with E-state index in [9.17, 15) is 8.42 Å². The minimum Gasteiger partial charge on any atom is -0.385 e. The number of anilines is 1. The topological polar surface area (TPSA) is 93.2 Å². The van der Waals surface area contributed by atoms with Gasteiger partial charge >= 0.3 is 0 Å². The van der Waals surface area contributed by atoms with Crippen LogP contribution in [0.2, 0.25) is 0 Å². The number of hydrogen-bond acceptors (Lipinski definition) is 6. The molecule has 8 heteroatoms. The SMILES string of the molecule is CNc1ncc(S(=O)(=O)NCCCCCOC)cn1. The van der Waals surface area contributed by atoms with E-state index in [2.05, 4.69) is 20.0 Å². The highest BCUT2D eigenvalue weighted by Gasteiger charge is 2.14. The molecule has 1 aromatic rings. The maximum atomic E-state index is 11.9. The van der Waals surface area contributed by atoms with E-state index in [0.29, 0.717) is 19.1 Å². The Bertz CT molecular complexity index is 461. The second kappa shape index (κ2) is 8.03. The minimum absolute atomic E-state index is 0.0726. The highest BCUT2D eigenvalue weighted by Crippen LogP contribution is 2.07. The number of hydrogen-bond donors (Lipinski definition) is 2. The molecule has 7 nitrogen and oxygen atoms in total. The van der Waals surface area contributed by atoms with Gasteiger partial charge in [0.25, 0.3) is 0 Å². The summed E-state index contributed by atoms with van der Waals surface area (Å²) in [6, 6.07) is 0. The number of aromatic nitrogens is 2. The van der Waals surface area contributed by atoms with E-state index in [1.54, 1.807) is 14.2 Å². The second-order valence-electron chi connectivity index (χ2n) is 3.94. The third-order valence-electron chi connectivity index (χ3n) is 2.48. The molecule has 1 heterocycles. The first-order valence-electron chi connectivity index (χ1n) is 6.08. The Morgan fingerprint density at radius 2 is 1.89 bits per heavy atom. The molecule has 2 N–H and O–H groups in total. The van der Waals surface area contributed by atoms with Crippen LogP contribution in [0.15, 0.2) is 17.3 Å². The highest BCUT2D eigenvalue weighted by molar-refractivity contribution is 7.89. The van der Waals surface area contributed by atoms with Gasteiger partial charge in [-0.3, -0.25) is 0 Å². The molecule has 0 bridgehead atoms. The molecular weight excluding hydrogens is 268 g/mol. The summed E-state index contributed by atoms with van der Waals surface area (Å²) in [6.45, 7) is 1.10. The van der Waals surface area contributed by atoms with Crippen molar-refractivity contribution in [2.24, 2.45) is 0 Å². The summed E-state index contributed by atoms with van der Waals surface area (Å²) < 4.78 is 31.2. The summed E-state index contributed by atoms with van der Waals surface area (Å²) in [7, 11) is -0.193. The Kier molecular flexibility index (Phi) is 6.68. The van der Waals surface area contributed by atoms with Crippen LogP contribution in [0.25, 0.3) is 0 Å². The largest absolute Gasteiger partial charge is 0.385 e. The quantitative estimate of drug-likeness (QED) is 0.647. The molecule has 0 amide bonds. The monoisotopic (exact) mass is 288 g/mol. The molecule has 0 fully saturated rings. The highest BCUT2D eigenvalue weighted by atomic mass is 32.2. The van der Waals surface area contributed by atoms with Crippen molar-refractivity contribution in [3.05, 3.63) is 12.4 Å². The predicted molar refractivity (Wildman–Crippen MR) is 72.5 cm³/mol. The molecule has 0 unspecified atom stereocenters. The Morgan fingerprint density at radius 3 is 2.47 bits per heavy atom. The van der Waals surface area contributed by atoms with Crippen molar-refractivity contribution < 1.29 is 13.2 Å².